The monoisotopic (exact) mass is 1800 g/mol. The number of nitriles is 1. The minimum Gasteiger partial charge on any atom is -0.497 e. The molecule has 15 fully saturated rings. The molecule has 15 nitrogen and oxygen atoms in total. The summed E-state index contributed by atoms with van der Waals surface area (Å²) in [4.78, 5) is 17.2. The summed E-state index contributed by atoms with van der Waals surface area (Å²) in [5.41, 5.74) is 12.2. The molecule has 16 heteroatoms. The molecule has 10 bridgehead atoms. The second-order valence-electron chi connectivity index (χ2n) is 40.4. The molecule has 7 N–H and O–H groups in total. The van der Waals surface area contributed by atoms with E-state index in [0.29, 0.717) is 65.2 Å². The molecule has 1 aromatic heterocycles. The van der Waals surface area contributed by atoms with Crippen molar-refractivity contribution in [2.75, 3.05) is 105 Å². The van der Waals surface area contributed by atoms with Gasteiger partial charge in [-0.3, -0.25) is 0 Å². The third-order valence-corrected chi connectivity index (χ3v) is 33.8. The lowest BCUT2D eigenvalue weighted by Crippen LogP contribution is -2.56. The Hall–Kier alpha value is -9.10. The van der Waals surface area contributed by atoms with E-state index in [1.807, 2.05) is 121 Å². The highest BCUT2D eigenvalue weighted by molar-refractivity contribution is 7.18. The zero-order chi connectivity index (χ0) is 91.2. The Bertz CT molecular complexity index is 5540. The summed E-state index contributed by atoms with van der Waals surface area (Å²) in [6.07, 6.45) is 19.1. The number of aliphatic hydroxyl groups is 7. The quantitative estimate of drug-likeness (QED) is 0.0256. The lowest BCUT2D eigenvalue weighted by Gasteiger charge is -2.51. The lowest BCUT2D eigenvalue weighted by atomic mass is 9.65. The standard InChI is InChI=1S/C24H28N2OS.C23H26N2O.3C23H29NO2.5H2/c1-17-25-22-8-7-18(15-23(22)28-17)9-12-24(27,20-5-3-2-4-6-20)21-16-26-13-10-19(21)11-14-26;24-16-19-8-6-18(7-9-19)10-13-23(26,21-4-2-1-3-5-21)22-17-25-14-11-20(22)12-15-25;1-17-6-3-4-9-21(17)23(25,15-18-7-5-8-20(14-18)26-2)22-16-24-12-10-19(22)11-13-24;25-17-19-6-4-5-18(15-19)9-12-23(26,21-7-2-1-3-8-21)22-16-24-13-10-20(22)11-14-24;25-17-19-8-6-18(7-9-19)10-13-23(26,21-4-2-1-3-5-21)22-16-24-14-11-20(22)12-15-24;;;;;/h2-8,15,19,21,27H,9-14,16H2,1H3;1-9,20,22,26H,10-15,17H2;3-9,14,19,22,25H,10-13,15-16H2,1-2H3;1-8,15,20,22,25-26H,9-14,16-17H2;1-9,20,22,25-26H,10-17H2;5*1H. The highest BCUT2D eigenvalue weighted by atomic mass is 32.1. The van der Waals surface area contributed by atoms with Crippen molar-refractivity contribution in [3.05, 3.63) is 344 Å². The number of hydrogen-bond donors (Lipinski definition) is 7. The van der Waals surface area contributed by atoms with Crippen molar-refractivity contribution in [1.29, 1.82) is 5.26 Å². The van der Waals surface area contributed by atoms with E-state index in [0.717, 1.165) is 145 Å². The summed E-state index contributed by atoms with van der Waals surface area (Å²) >= 11 is 1.75. The fraction of sp³-hybridized carbons (Fsp3) is 0.466. The summed E-state index contributed by atoms with van der Waals surface area (Å²) in [6, 6.07) is 90.4. The van der Waals surface area contributed by atoms with Crippen molar-refractivity contribution in [3.63, 3.8) is 0 Å². The minimum absolute atomic E-state index is 0. The van der Waals surface area contributed by atoms with Crippen LogP contribution in [-0.4, -0.2) is 171 Å². The highest BCUT2D eigenvalue weighted by Crippen LogP contribution is 2.52. The van der Waals surface area contributed by atoms with Crippen LogP contribution in [0, 0.1) is 84.4 Å². The molecule has 704 valence electrons. The van der Waals surface area contributed by atoms with Crippen molar-refractivity contribution in [1.82, 2.24) is 29.5 Å². The van der Waals surface area contributed by atoms with Crippen LogP contribution in [0.25, 0.3) is 10.2 Å². The van der Waals surface area contributed by atoms with Gasteiger partial charge in [0.2, 0.25) is 0 Å². The average Bonchev–Trinajstić information content (AvgIpc) is 1.03. The molecule has 0 saturated carbocycles. The van der Waals surface area contributed by atoms with E-state index in [2.05, 4.69) is 189 Å². The second kappa shape index (κ2) is 43.3. The van der Waals surface area contributed by atoms with Gasteiger partial charge in [-0.1, -0.05) is 224 Å². The Morgan fingerprint density at radius 3 is 1.05 bits per heavy atom. The van der Waals surface area contributed by atoms with Crippen molar-refractivity contribution in [3.8, 4) is 11.8 Å². The SMILES string of the molecule is COc1cccc(CC(O)(c2ccccc2C)C2CN3CCC2CC3)c1.Cc1nc2ccc(CCC(O)(c3ccccc3)C3CN4CCC3CC4)cc2s1.N#Cc1ccc(CCC(O)(c2ccccc2)C2CN3CCC2CC3)cc1.OCc1ccc(CCC(O)(c2ccccc2)C2CN3CCC2CC3)cc1.OCc1cccc(CCC(O)(c2ccccc2)C2CN3CCC2CC3)c1.[HH].[HH].[HH].[HH].[HH]. The molecule has 15 aliphatic heterocycles. The molecule has 0 spiro atoms. The van der Waals surface area contributed by atoms with E-state index >= 15 is 0 Å². The maximum atomic E-state index is 12.2. The molecule has 10 unspecified atom stereocenters. The highest BCUT2D eigenvalue weighted by Gasteiger charge is 2.53. The summed E-state index contributed by atoms with van der Waals surface area (Å²) < 4.78 is 6.65. The maximum absolute atomic E-state index is 12.2. The summed E-state index contributed by atoms with van der Waals surface area (Å²) in [5.74, 6) is 5.47. The van der Waals surface area contributed by atoms with E-state index < -0.39 is 28.0 Å². The van der Waals surface area contributed by atoms with Crippen LogP contribution in [0.4, 0.5) is 0 Å². The predicted octanol–water partition coefficient (Wildman–Crippen LogP) is 20.2. The van der Waals surface area contributed by atoms with Crippen LogP contribution in [0.1, 0.15) is 180 Å². The van der Waals surface area contributed by atoms with Crippen LogP contribution in [0.2, 0.25) is 0 Å². The third-order valence-electron chi connectivity index (χ3n) is 32.9. The number of ether oxygens (including phenoxy) is 1. The fourth-order valence-corrected chi connectivity index (χ4v) is 26.1. The summed E-state index contributed by atoms with van der Waals surface area (Å²) in [5, 5.41) is 88.7. The first-order chi connectivity index (χ1) is 64.3. The Morgan fingerprint density at radius 2 is 0.682 bits per heavy atom. The summed E-state index contributed by atoms with van der Waals surface area (Å²) in [7, 11) is 1.69. The molecule has 0 radical (unpaired) electrons. The topological polar surface area (TPSA) is 204 Å². The molecule has 15 aliphatic rings. The second-order valence-corrected chi connectivity index (χ2v) is 41.7. The van der Waals surface area contributed by atoms with E-state index in [9.17, 15) is 35.7 Å². The zero-order valence-corrected chi connectivity index (χ0v) is 78.9. The van der Waals surface area contributed by atoms with Crippen LogP contribution in [-0.2, 0) is 73.3 Å². The number of benzene rings is 10. The number of aryl methyl sites for hydroxylation is 6. The molecule has 0 aliphatic carbocycles. The number of aromatic nitrogens is 1. The molecule has 0 amide bonds. The Balaban J connectivity index is 0.000000152. The summed E-state index contributed by atoms with van der Waals surface area (Å²) in [6.45, 7) is 21.3. The number of aliphatic hydroxyl groups excluding tert-OH is 2. The van der Waals surface area contributed by atoms with Crippen LogP contribution in [0.15, 0.2) is 261 Å². The van der Waals surface area contributed by atoms with Crippen molar-refractivity contribution < 1.29 is 47.6 Å². The van der Waals surface area contributed by atoms with Gasteiger partial charge in [0.25, 0.3) is 0 Å². The van der Waals surface area contributed by atoms with E-state index in [1.54, 1.807) is 18.4 Å². The minimum atomic E-state index is -0.846. The van der Waals surface area contributed by atoms with Crippen LogP contribution in [0.5, 0.6) is 5.75 Å². The average molecular weight is 1800 g/mol. The van der Waals surface area contributed by atoms with Gasteiger partial charge in [-0.2, -0.15) is 5.26 Å². The Kier molecular flexibility index (Phi) is 31.0. The van der Waals surface area contributed by atoms with Gasteiger partial charge in [0, 0.05) is 75.9 Å². The van der Waals surface area contributed by atoms with Crippen molar-refractivity contribution in [2.45, 2.75) is 177 Å². The van der Waals surface area contributed by atoms with E-state index in [1.165, 1.54) is 162 Å². The van der Waals surface area contributed by atoms with Gasteiger partial charge in [-0.25, -0.2) is 4.98 Å². The van der Waals surface area contributed by atoms with Crippen LogP contribution < -0.4 is 4.74 Å². The number of rotatable bonds is 27. The Labute approximate surface area is 796 Å². The number of hydrogen-bond acceptors (Lipinski definition) is 16. The smallest absolute Gasteiger partial charge is 0.119 e. The first-order valence-electron chi connectivity index (χ1n) is 49.7. The molecule has 15 saturated heterocycles. The number of methoxy groups -OCH3 is 1. The molecule has 10 atom stereocenters. The van der Waals surface area contributed by atoms with E-state index in [4.69, 9.17) is 10.00 Å². The van der Waals surface area contributed by atoms with Gasteiger partial charge in [0.15, 0.2) is 0 Å². The largest absolute Gasteiger partial charge is 0.497 e. The Morgan fingerprint density at radius 1 is 0.356 bits per heavy atom. The first kappa shape index (κ1) is 94.7. The molecular formula is C116H151N7O8S. The number of nitrogens with zero attached hydrogens (tertiary/aromatic N) is 7. The normalized spacial score (nSPS) is 27.0. The molecule has 16 heterocycles. The van der Waals surface area contributed by atoms with Gasteiger partial charge in [0.05, 0.1) is 75.2 Å². The van der Waals surface area contributed by atoms with Gasteiger partial charge in [0.1, 0.15) is 5.75 Å². The van der Waals surface area contributed by atoms with Crippen molar-refractivity contribution in [2.24, 2.45) is 59.2 Å². The fourth-order valence-electron chi connectivity index (χ4n) is 25.2. The zero-order valence-electron chi connectivity index (χ0n) is 78.1. The van der Waals surface area contributed by atoms with Gasteiger partial charge >= 0.3 is 0 Å². The number of thiazole rings is 1. The van der Waals surface area contributed by atoms with E-state index in [-0.39, 0.29) is 26.3 Å². The van der Waals surface area contributed by atoms with Crippen LogP contribution in [0.3, 0.4) is 0 Å². The molecular weight excluding hydrogens is 1650 g/mol. The van der Waals surface area contributed by atoms with Crippen LogP contribution >= 0.6 is 11.3 Å². The molecule has 10 aromatic carbocycles. The number of fused-ring (bicyclic) bond motifs is 16. The third kappa shape index (κ3) is 21.9. The molecule has 11 aromatic rings. The molecule has 132 heavy (non-hydrogen) atoms. The maximum Gasteiger partial charge on any atom is 0.119 e. The first-order valence-corrected chi connectivity index (χ1v) is 50.5. The van der Waals surface area contributed by atoms with Gasteiger partial charge in [-0.15, -0.1) is 11.3 Å². The molecule has 26 rings (SSSR count). The van der Waals surface area contributed by atoms with Gasteiger partial charge in [-0.05, 0) is 333 Å². The predicted molar refractivity (Wildman–Crippen MR) is 540 cm³/mol. The van der Waals surface area contributed by atoms with Gasteiger partial charge < -0.3 is 65.0 Å². The van der Waals surface area contributed by atoms with Crippen molar-refractivity contribution >= 4 is 21.6 Å². The lowest BCUT2D eigenvalue weighted by molar-refractivity contribution is -0.106. The number of piperidine rings is 15.